The fraction of sp³-hybridized carbons (Fsp3) is 0.750. The molecular weight excluding hydrogens is 296 g/mol. The number of aromatic nitrogens is 2. The van der Waals surface area contributed by atoms with Crippen molar-refractivity contribution in [3.8, 4) is 0 Å². The fourth-order valence-corrected chi connectivity index (χ4v) is 3.40. The number of rotatable bonds is 5. The van der Waals surface area contributed by atoms with Crippen molar-refractivity contribution in [2.45, 2.75) is 57.9 Å². The quantitative estimate of drug-likeness (QED) is 0.881. The van der Waals surface area contributed by atoms with Crippen molar-refractivity contribution in [2.24, 2.45) is 5.92 Å². The summed E-state index contributed by atoms with van der Waals surface area (Å²) in [5, 5.41) is 6.84. The highest BCUT2D eigenvalue weighted by atomic mass is 16.5. The minimum absolute atomic E-state index is 0.0528. The minimum atomic E-state index is -0.0646. The molecule has 0 bridgehead atoms. The van der Waals surface area contributed by atoms with E-state index in [4.69, 9.17) is 4.52 Å². The van der Waals surface area contributed by atoms with Gasteiger partial charge in [0.05, 0.1) is 5.92 Å². The van der Waals surface area contributed by atoms with E-state index in [-0.39, 0.29) is 17.7 Å². The van der Waals surface area contributed by atoms with Gasteiger partial charge in [-0.2, -0.15) is 4.98 Å². The summed E-state index contributed by atoms with van der Waals surface area (Å²) in [4.78, 5) is 30.4. The standard InChI is InChI=1S/C16H24N4O3/c1-11-17-14(23-19-11)6-7-15(21)20-9-8-12(10-20)16(22)18-13-4-2-3-5-13/h12-13H,2-10H2,1H3,(H,18,22). The summed E-state index contributed by atoms with van der Waals surface area (Å²) in [6.45, 7) is 2.94. The van der Waals surface area contributed by atoms with Crippen molar-refractivity contribution in [3.63, 3.8) is 0 Å². The molecule has 0 spiro atoms. The summed E-state index contributed by atoms with van der Waals surface area (Å²) in [7, 11) is 0. The van der Waals surface area contributed by atoms with Crippen LogP contribution in [-0.2, 0) is 16.0 Å². The highest BCUT2D eigenvalue weighted by molar-refractivity contribution is 5.82. The predicted molar refractivity (Wildman–Crippen MR) is 82.4 cm³/mol. The van der Waals surface area contributed by atoms with Crippen molar-refractivity contribution in [1.82, 2.24) is 20.4 Å². The number of hydrogen-bond donors (Lipinski definition) is 1. The average molecular weight is 320 g/mol. The van der Waals surface area contributed by atoms with Crippen LogP contribution in [0.2, 0.25) is 0 Å². The minimum Gasteiger partial charge on any atom is -0.353 e. The summed E-state index contributed by atoms with van der Waals surface area (Å²) in [6.07, 6.45) is 6.14. The predicted octanol–water partition coefficient (Wildman–Crippen LogP) is 1.22. The highest BCUT2D eigenvalue weighted by Crippen LogP contribution is 2.21. The van der Waals surface area contributed by atoms with Gasteiger partial charge in [-0.05, 0) is 26.2 Å². The van der Waals surface area contributed by atoms with E-state index in [9.17, 15) is 9.59 Å². The second-order valence-electron chi connectivity index (χ2n) is 6.55. The van der Waals surface area contributed by atoms with Gasteiger partial charge < -0.3 is 14.7 Å². The molecule has 2 aliphatic rings. The van der Waals surface area contributed by atoms with E-state index in [0.717, 1.165) is 19.3 Å². The molecule has 1 saturated carbocycles. The molecule has 2 heterocycles. The summed E-state index contributed by atoms with van der Waals surface area (Å²) in [5.41, 5.74) is 0. The second kappa shape index (κ2) is 7.10. The van der Waals surface area contributed by atoms with E-state index in [0.29, 0.717) is 43.7 Å². The number of likely N-dealkylation sites (tertiary alicyclic amines) is 1. The molecule has 1 aliphatic heterocycles. The van der Waals surface area contributed by atoms with Gasteiger partial charge in [0, 0.05) is 32.0 Å². The summed E-state index contributed by atoms with van der Waals surface area (Å²) >= 11 is 0. The number of amides is 2. The average Bonchev–Trinajstić information content (AvgIpc) is 3.26. The smallest absolute Gasteiger partial charge is 0.227 e. The largest absolute Gasteiger partial charge is 0.353 e. The Bertz CT molecular complexity index is 565. The zero-order valence-corrected chi connectivity index (χ0v) is 13.6. The van der Waals surface area contributed by atoms with Crippen molar-refractivity contribution in [1.29, 1.82) is 0 Å². The normalized spacial score (nSPS) is 21.8. The molecule has 126 valence electrons. The Morgan fingerprint density at radius 2 is 2.09 bits per heavy atom. The molecule has 2 fully saturated rings. The first-order valence-electron chi connectivity index (χ1n) is 8.49. The van der Waals surface area contributed by atoms with Crippen LogP contribution in [0.5, 0.6) is 0 Å². The molecule has 23 heavy (non-hydrogen) atoms. The van der Waals surface area contributed by atoms with E-state index >= 15 is 0 Å². The van der Waals surface area contributed by atoms with E-state index < -0.39 is 0 Å². The number of carbonyl (C=O) groups excluding carboxylic acids is 2. The SMILES string of the molecule is Cc1noc(CCC(=O)N2CCC(C(=O)NC3CCCC3)C2)n1. The van der Waals surface area contributed by atoms with Gasteiger partial charge >= 0.3 is 0 Å². The zero-order chi connectivity index (χ0) is 16.2. The third-order valence-electron chi connectivity index (χ3n) is 4.74. The summed E-state index contributed by atoms with van der Waals surface area (Å²) < 4.78 is 5.02. The zero-order valence-electron chi connectivity index (χ0n) is 13.6. The number of nitrogens with one attached hydrogen (secondary N) is 1. The van der Waals surface area contributed by atoms with Gasteiger partial charge in [-0.25, -0.2) is 0 Å². The molecule has 1 atom stereocenters. The number of carbonyl (C=O) groups is 2. The molecule has 1 unspecified atom stereocenters. The van der Waals surface area contributed by atoms with E-state index in [1.807, 2.05) is 0 Å². The maximum Gasteiger partial charge on any atom is 0.227 e. The molecule has 0 radical (unpaired) electrons. The van der Waals surface area contributed by atoms with Crippen LogP contribution in [0.15, 0.2) is 4.52 Å². The van der Waals surface area contributed by atoms with Crippen LogP contribution in [0.1, 0.15) is 50.2 Å². The maximum atomic E-state index is 12.3. The van der Waals surface area contributed by atoms with E-state index in [1.54, 1.807) is 11.8 Å². The molecule has 1 aromatic heterocycles. The fourth-order valence-electron chi connectivity index (χ4n) is 3.40. The topological polar surface area (TPSA) is 88.3 Å². The van der Waals surface area contributed by atoms with Gasteiger partial charge in [-0.1, -0.05) is 18.0 Å². The van der Waals surface area contributed by atoms with Crippen molar-refractivity contribution >= 4 is 11.8 Å². The van der Waals surface area contributed by atoms with Gasteiger partial charge in [-0.15, -0.1) is 0 Å². The molecular formula is C16H24N4O3. The lowest BCUT2D eigenvalue weighted by Crippen LogP contribution is -2.39. The number of nitrogens with zero attached hydrogens (tertiary/aromatic N) is 3. The van der Waals surface area contributed by atoms with Gasteiger partial charge in [0.2, 0.25) is 17.7 Å². The second-order valence-corrected chi connectivity index (χ2v) is 6.55. The van der Waals surface area contributed by atoms with Crippen molar-refractivity contribution < 1.29 is 14.1 Å². The molecule has 0 aromatic carbocycles. The first-order valence-corrected chi connectivity index (χ1v) is 8.49. The first-order chi connectivity index (χ1) is 11.1. The summed E-state index contributed by atoms with van der Waals surface area (Å²) in [5.74, 6) is 1.17. The Morgan fingerprint density at radius 1 is 1.30 bits per heavy atom. The Labute approximate surface area is 135 Å². The van der Waals surface area contributed by atoms with Gasteiger partial charge in [0.1, 0.15) is 0 Å². The molecule has 1 saturated heterocycles. The van der Waals surface area contributed by atoms with Crippen LogP contribution in [0.4, 0.5) is 0 Å². The first kappa shape index (κ1) is 16.0. The lowest BCUT2D eigenvalue weighted by atomic mass is 10.1. The monoisotopic (exact) mass is 320 g/mol. The molecule has 7 heteroatoms. The van der Waals surface area contributed by atoms with Crippen LogP contribution in [0.25, 0.3) is 0 Å². The lowest BCUT2D eigenvalue weighted by Gasteiger charge is -2.18. The van der Waals surface area contributed by atoms with Gasteiger partial charge in [0.15, 0.2) is 5.82 Å². The van der Waals surface area contributed by atoms with Crippen molar-refractivity contribution in [2.75, 3.05) is 13.1 Å². The third-order valence-corrected chi connectivity index (χ3v) is 4.74. The van der Waals surface area contributed by atoms with E-state index in [1.165, 1.54) is 12.8 Å². The van der Waals surface area contributed by atoms with Gasteiger partial charge in [0.25, 0.3) is 0 Å². The Balaban J connectivity index is 1.43. The highest BCUT2D eigenvalue weighted by Gasteiger charge is 2.32. The third kappa shape index (κ3) is 4.09. The van der Waals surface area contributed by atoms with Crippen LogP contribution in [0.3, 0.4) is 0 Å². The van der Waals surface area contributed by atoms with Crippen LogP contribution in [-0.4, -0.2) is 46.0 Å². The number of aryl methyl sites for hydroxylation is 2. The molecule has 7 nitrogen and oxygen atoms in total. The van der Waals surface area contributed by atoms with Crippen LogP contribution < -0.4 is 5.32 Å². The Morgan fingerprint density at radius 3 is 2.78 bits per heavy atom. The Hall–Kier alpha value is -1.92. The summed E-state index contributed by atoms with van der Waals surface area (Å²) in [6, 6.07) is 0.341. The molecule has 1 aliphatic carbocycles. The van der Waals surface area contributed by atoms with Crippen LogP contribution >= 0.6 is 0 Å². The maximum absolute atomic E-state index is 12.3. The lowest BCUT2D eigenvalue weighted by molar-refractivity contribution is -0.130. The van der Waals surface area contributed by atoms with Crippen molar-refractivity contribution in [3.05, 3.63) is 11.7 Å². The molecule has 3 rings (SSSR count). The molecule has 1 N–H and O–H groups in total. The molecule has 2 amide bonds. The Kier molecular flexibility index (Phi) is 4.93. The van der Waals surface area contributed by atoms with Gasteiger partial charge in [-0.3, -0.25) is 9.59 Å². The van der Waals surface area contributed by atoms with E-state index in [2.05, 4.69) is 15.5 Å². The number of hydrogen-bond acceptors (Lipinski definition) is 5. The molecule has 1 aromatic rings. The van der Waals surface area contributed by atoms with Crippen LogP contribution in [0, 0.1) is 12.8 Å².